The molecule has 1 aromatic carbocycles. The van der Waals surface area contributed by atoms with Crippen LogP contribution in [-0.2, 0) is 16.0 Å². The molecule has 1 saturated carbocycles. The Hall–Kier alpha value is -2.04. The maximum Gasteiger partial charge on any atom is 0.237 e. The van der Waals surface area contributed by atoms with Gasteiger partial charge in [0.25, 0.3) is 0 Å². The van der Waals surface area contributed by atoms with Crippen LogP contribution in [-0.4, -0.2) is 36.4 Å². The minimum atomic E-state index is -0.457. The lowest BCUT2D eigenvalue weighted by atomic mass is 10.1. The Morgan fingerprint density at radius 1 is 1.32 bits per heavy atom. The van der Waals surface area contributed by atoms with Gasteiger partial charge in [0, 0.05) is 6.04 Å². The second kappa shape index (κ2) is 7.29. The van der Waals surface area contributed by atoms with Crippen molar-refractivity contribution in [1.82, 2.24) is 4.90 Å². The van der Waals surface area contributed by atoms with Crippen molar-refractivity contribution < 1.29 is 14.3 Å². The van der Waals surface area contributed by atoms with Gasteiger partial charge in [0.2, 0.25) is 11.8 Å². The first-order valence-corrected chi connectivity index (χ1v) is 7.72. The second-order valence-corrected chi connectivity index (χ2v) is 5.91. The third-order valence-electron chi connectivity index (χ3n) is 4.24. The highest BCUT2D eigenvalue weighted by atomic mass is 16.5. The number of rotatable bonds is 6. The topological polar surface area (TPSA) is 72.6 Å². The van der Waals surface area contributed by atoms with Gasteiger partial charge in [-0.3, -0.25) is 9.59 Å². The lowest BCUT2D eigenvalue weighted by Gasteiger charge is -2.28. The van der Waals surface area contributed by atoms with Crippen molar-refractivity contribution in [2.45, 2.75) is 45.1 Å². The van der Waals surface area contributed by atoms with E-state index < -0.39 is 5.91 Å². The molecule has 0 saturated heterocycles. The van der Waals surface area contributed by atoms with Crippen molar-refractivity contribution in [3.05, 3.63) is 29.3 Å². The Kier molecular flexibility index (Phi) is 5.41. The molecule has 2 N–H and O–H groups in total. The molecule has 2 amide bonds. The highest BCUT2D eigenvalue weighted by Crippen LogP contribution is 2.25. The number of benzene rings is 1. The van der Waals surface area contributed by atoms with E-state index in [0.29, 0.717) is 0 Å². The predicted octanol–water partition coefficient (Wildman–Crippen LogP) is 1.80. The summed E-state index contributed by atoms with van der Waals surface area (Å²) in [6, 6.07) is 5.89. The Morgan fingerprint density at radius 2 is 2.00 bits per heavy atom. The third kappa shape index (κ3) is 4.00. The zero-order chi connectivity index (χ0) is 16.1. The van der Waals surface area contributed by atoms with Crippen molar-refractivity contribution in [2.75, 3.05) is 13.7 Å². The largest absolute Gasteiger partial charge is 0.496 e. The van der Waals surface area contributed by atoms with Crippen molar-refractivity contribution in [2.24, 2.45) is 5.73 Å². The Bertz CT molecular complexity index is 551. The standard InChI is InChI=1S/C17H24N2O3/c1-12-7-8-13(9-15(12)22-2)10-17(21)19(11-16(18)20)14-5-3-4-6-14/h7-9,14H,3-6,10-11H2,1-2H3,(H2,18,20). The molecule has 1 aliphatic carbocycles. The molecule has 1 aromatic rings. The molecule has 120 valence electrons. The Morgan fingerprint density at radius 3 is 2.59 bits per heavy atom. The van der Waals surface area contributed by atoms with Crippen molar-refractivity contribution in [3.8, 4) is 5.75 Å². The normalized spacial score (nSPS) is 14.8. The maximum absolute atomic E-state index is 12.6. The van der Waals surface area contributed by atoms with Crippen molar-refractivity contribution >= 4 is 11.8 Å². The molecule has 5 heteroatoms. The SMILES string of the molecule is COc1cc(CC(=O)N(CC(N)=O)C2CCCC2)ccc1C. The smallest absolute Gasteiger partial charge is 0.237 e. The van der Waals surface area contributed by atoms with Crippen LogP contribution in [0.3, 0.4) is 0 Å². The van der Waals surface area contributed by atoms with Crippen LogP contribution in [0.25, 0.3) is 0 Å². The van der Waals surface area contributed by atoms with Gasteiger partial charge in [-0.2, -0.15) is 0 Å². The van der Waals surface area contributed by atoms with E-state index in [1.807, 2.05) is 25.1 Å². The summed E-state index contributed by atoms with van der Waals surface area (Å²) in [6.45, 7) is 1.97. The van der Waals surface area contributed by atoms with Crippen LogP contribution < -0.4 is 10.5 Å². The number of carbonyl (C=O) groups is 2. The van der Waals surface area contributed by atoms with E-state index in [-0.39, 0.29) is 24.9 Å². The summed E-state index contributed by atoms with van der Waals surface area (Å²) < 4.78 is 5.29. The summed E-state index contributed by atoms with van der Waals surface area (Å²) >= 11 is 0. The number of aryl methyl sites for hydroxylation is 1. The molecule has 5 nitrogen and oxygen atoms in total. The molecule has 22 heavy (non-hydrogen) atoms. The number of primary amides is 1. The fraction of sp³-hybridized carbons (Fsp3) is 0.529. The average molecular weight is 304 g/mol. The van der Waals surface area contributed by atoms with Crippen molar-refractivity contribution in [3.63, 3.8) is 0 Å². The number of nitrogens with two attached hydrogens (primary N) is 1. The molecule has 0 spiro atoms. The molecular weight excluding hydrogens is 280 g/mol. The van der Waals surface area contributed by atoms with Gasteiger partial charge in [-0.25, -0.2) is 0 Å². The monoisotopic (exact) mass is 304 g/mol. The van der Waals surface area contributed by atoms with Crippen LogP contribution in [0.15, 0.2) is 18.2 Å². The third-order valence-corrected chi connectivity index (χ3v) is 4.24. The van der Waals surface area contributed by atoms with Gasteiger partial charge < -0.3 is 15.4 Å². The van der Waals surface area contributed by atoms with Crippen LogP contribution in [0.2, 0.25) is 0 Å². The molecule has 0 aliphatic heterocycles. The van der Waals surface area contributed by atoms with Gasteiger partial charge >= 0.3 is 0 Å². The molecule has 0 unspecified atom stereocenters. The summed E-state index contributed by atoms with van der Waals surface area (Å²) in [5, 5.41) is 0. The summed E-state index contributed by atoms with van der Waals surface area (Å²) in [7, 11) is 1.62. The Balaban J connectivity index is 2.11. The lowest BCUT2D eigenvalue weighted by Crippen LogP contribution is -2.44. The first-order chi connectivity index (χ1) is 10.5. The fourth-order valence-electron chi connectivity index (χ4n) is 3.06. The number of carbonyl (C=O) groups excluding carboxylic acids is 2. The number of hydrogen-bond acceptors (Lipinski definition) is 3. The van der Waals surface area contributed by atoms with E-state index in [2.05, 4.69) is 0 Å². The minimum absolute atomic E-state index is 0.00644. The molecule has 0 aromatic heterocycles. The van der Waals surface area contributed by atoms with Gasteiger partial charge in [-0.15, -0.1) is 0 Å². The Labute approximate surface area is 131 Å². The highest BCUT2D eigenvalue weighted by molar-refractivity contribution is 5.85. The van der Waals surface area contributed by atoms with Gasteiger partial charge in [-0.1, -0.05) is 25.0 Å². The summed E-state index contributed by atoms with van der Waals surface area (Å²) in [5.74, 6) is 0.269. The van der Waals surface area contributed by atoms with Gasteiger partial charge in [0.15, 0.2) is 0 Å². The predicted molar refractivity (Wildman–Crippen MR) is 84.6 cm³/mol. The van der Waals surface area contributed by atoms with Crippen LogP contribution in [0.1, 0.15) is 36.8 Å². The van der Waals surface area contributed by atoms with E-state index in [1.165, 1.54) is 0 Å². The first-order valence-electron chi connectivity index (χ1n) is 7.72. The molecule has 0 heterocycles. The van der Waals surface area contributed by atoms with Crippen LogP contribution in [0.4, 0.5) is 0 Å². The molecule has 1 aliphatic rings. The summed E-state index contributed by atoms with van der Waals surface area (Å²) in [6.07, 6.45) is 4.38. The van der Waals surface area contributed by atoms with Gasteiger partial charge in [0.05, 0.1) is 20.1 Å². The lowest BCUT2D eigenvalue weighted by molar-refractivity contribution is -0.136. The van der Waals surface area contributed by atoms with E-state index in [9.17, 15) is 9.59 Å². The van der Waals surface area contributed by atoms with Crippen LogP contribution >= 0.6 is 0 Å². The van der Waals surface area contributed by atoms with Gasteiger partial charge in [0.1, 0.15) is 5.75 Å². The van der Waals surface area contributed by atoms with Crippen LogP contribution in [0.5, 0.6) is 5.75 Å². The fourth-order valence-corrected chi connectivity index (χ4v) is 3.06. The molecule has 1 fully saturated rings. The number of methoxy groups -OCH3 is 1. The van der Waals surface area contributed by atoms with E-state index in [4.69, 9.17) is 10.5 Å². The zero-order valence-electron chi connectivity index (χ0n) is 13.3. The van der Waals surface area contributed by atoms with Gasteiger partial charge in [-0.05, 0) is 37.0 Å². The number of nitrogens with zero attached hydrogens (tertiary/aromatic N) is 1. The number of hydrogen-bond donors (Lipinski definition) is 1. The molecule has 0 radical (unpaired) electrons. The van der Waals surface area contributed by atoms with Crippen molar-refractivity contribution in [1.29, 1.82) is 0 Å². The molecule has 0 bridgehead atoms. The van der Waals surface area contributed by atoms with E-state index in [0.717, 1.165) is 42.6 Å². The average Bonchev–Trinajstić information content (AvgIpc) is 3.00. The summed E-state index contributed by atoms with van der Waals surface area (Å²) in [4.78, 5) is 25.5. The summed E-state index contributed by atoms with van der Waals surface area (Å²) in [5.41, 5.74) is 7.22. The molecule has 2 rings (SSSR count). The first kappa shape index (κ1) is 16.3. The quantitative estimate of drug-likeness (QED) is 0.871. The second-order valence-electron chi connectivity index (χ2n) is 5.91. The molecular formula is C17H24N2O3. The molecule has 0 atom stereocenters. The number of amides is 2. The number of ether oxygens (including phenoxy) is 1. The minimum Gasteiger partial charge on any atom is -0.496 e. The highest BCUT2D eigenvalue weighted by Gasteiger charge is 2.27. The zero-order valence-corrected chi connectivity index (χ0v) is 13.3. The maximum atomic E-state index is 12.6. The van der Waals surface area contributed by atoms with E-state index >= 15 is 0 Å². The van der Waals surface area contributed by atoms with E-state index in [1.54, 1.807) is 12.0 Å². The van der Waals surface area contributed by atoms with Crippen LogP contribution in [0, 0.1) is 6.92 Å².